The fraction of sp³-hybridized carbons (Fsp3) is 0.0833. The van der Waals surface area contributed by atoms with Gasteiger partial charge in [0, 0.05) is 22.7 Å². The summed E-state index contributed by atoms with van der Waals surface area (Å²) in [6.07, 6.45) is 1.48. The average Bonchev–Trinajstić information content (AvgIpc) is 3.18. The first-order chi connectivity index (χ1) is 16.4. The Bertz CT molecular complexity index is 1350. The number of nitrogens with zero attached hydrogens (tertiary/aromatic N) is 2. The standard InChI is InChI=1S/C24H16Cl2N2O6/c1-32-21-7-3-5-15(22(21)33-13-14-4-2-6-16(25)10-14)11-20-24(29)34-23(27-20)18-12-17(28(30)31)8-9-19(18)26/h2-12H,13H2,1H3/b20-11-. The van der Waals surface area contributed by atoms with Crippen molar-refractivity contribution in [3.05, 3.63) is 103 Å². The van der Waals surface area contributed by atoms with E-state index in [1.54, 1.807) is 30.3 Å². The van der Waals surface area contributed by atoms with E-state index in [1.807, 2.05) is 12.1 Å². The summed E-state index contributed by atoms with van der Waals surface area (Å²) in [7, 11) is 1.50. The molecule has 172 valence electrons. The number of hydrogen-bond donors (Lipinski definition) is 0. The van der Waals surface area contributed by atoms with Crippen molar-refractivity contribution in [3.63, 3.8) is 0 Å². The van der Waals surface area contributed by atoms with E-state index in [-0.39, 0.29) is 34.5 Å². The molecular weight excluding hydrogens is 483 g/mol. The molecule has 1 aliphatic heterocycles. The molecule has 0 bridgehead atoms. The minimum atomic E-state index is -0.735. The zero-order chi connectivity index (χ0) is 24.2. The van der Waals surface area contributed by atoms with Gasteiger partial charge in [-0.3, -0.25) is 10.1 Å². The Labute approximate surface area is 204 Å². The Balaban J connectivity index is 1.68. The zero-order valence-corrected chi connectivity index (χ0v) is 19.2. The molecule has 4 rings (SSSR count). The van der Waals surface area contributed by atoms with Crippen molar-refractivity contribution < 1.29 is 23.9 Å². The first-order valence-electron chi connectivity index (χ1n) is 9.87. The summed E-state index contributed by atoms with van der Waals surface area (Å²) in [5.41, 5.74) is 1.26. The minimum Gasteiger partial charge on any atom is -0.493 e. The number of nitro benzene ring substituents is 1. The van der Waals surface area contributed by atoms with Crippen LogP contribution >= 0.6 is 23.2 Å². The van der Waals surface area contributed by atoms with E-state index in [0.29, 0.717) is 22.1 Å². The van der Waals surface area contributed by atoms with Crippen molar-refractivity contribution in [1.82, 2.24) is 0 Å². The Morgan fingerprint density at radius 2 is 1.91 bits per heavy atom. The summed E-state index contributed by atoms with van der Waals surface area (Å²) in [5, 5.41) is 11.8. The Hall–Kier alpha value is -3.88. The maximum absolute atomic E-state index is 12.5. The second-order valence-corrected chi connectivity index (χ2v) is 7.90. The number of carbonyl (C=O) groups is 1. The molecule has 0 unspecified atom stereocenters. The van der Waals surface area contributed by atoms with Gasteiger partial charge in [0.1, 0.15) is 6.61 Å². The highest BCUT2D eigenvalue weighted by atomic mass is 35.5. The molecule has 0 atom stereocenters. The molecule has 0 amide bonds. The minimum absolute atomic E-state index is 0.0292. The zero-order valence-electron chi connectivity index (χ0n) is 17.7. The summed E-state index contributed by atoms with van der Waals surface area (Å²) in [6, 6.07) is 16.2. The lowest BCUT2D eigenvalue weighted by Crippen LogP contribution is -2.06. The van der Waals surface area contributed by atoms with Crippen molar-refractivity contribution in [2.24, 2.45) is 4.99 Å². The molecule has 0 fully saturated rings. The number of cyclic esters (lactones) is 1. The van der Waals surface area contributed by atoms with Gasteiger partial charge in [0.2, 0.25) is 5.90 Å². The Kier molecular flexibility index (Phi) is 6.81. The molecule has 0 radical (unpaired) electrons. The van der Waals surface area contributed by atoms with E-state index >= 15 is 0 Å². The van der Waals surface area contributed by atoms with E-state index in [9.17, 15) is 14.9 Å². The number of hydrogen-bond acceptors (Lipinski definition) is 7. The van der Waals surface area contributed by atoms with Gasteiger partial charge in [-0.2, -0.15) is 0 Å². The third-order valence-corrected chi connectivity index (χ3v) is 5.37. The molecule has 0 saturated carbocycles. The van der Waals surface area contributed by atoms with Crippen LogP contribution in [0.25, 0.3) is 6.08 Å². The second kappa shape index (κ2) is 9.94. The first-order valence-corrected chi connectivity index (χ1v) is 10.6. The lowest BCUT2D eigenvalue weighted by molar-refractivity contribution is -0.384. The van der Waals surface area contributed by atoms with Crippen LogP contribution in [0, 0.1) is 10.1 Å². The van der Waals surface area contributed by atoms with Gasteiger partial charge in [0.25, 0.3) is 5.69 Å². The van der Waals surface area contributed by atoms with Gasteiger partial charge in [-0.1, -0.05) is 47.5 Å². The number of methoxy groups -OCH3 is 1. The number of halogens is 2. The highest BCUT2D eigenvalue weighted by Gasteiger charge is 2.27. The molecule has 3 aromatic carbocycles. The molecule has 0 N–H and O–H groups in total. The van der Waals surface area contributed by atoms with Gasteiger partial charge < -0.3 is 14.2 Å². The number of para-hydroxylation sites is 1. The molecule has 1 heterocycles. The first kappa shape index (κ1) is 23.3. The Morgan fingerprint density at radius 3 is 2.65 bits per heavy atom. The van der Waals surface area contributed by atoms with Gasteiger partial charge >= 0.3 is 5.97 Å². The van der Waals surface area contributed by atoms with E-state index in [1.165, 1.54) is 31.4 Å². The van der Waals surface area contributed by atoms with Crippen LogP contribution in [0.15, 0.2) is 71.4 Å². The molecule has 0 aromatic heterocycles. The maximum atomic E-state index is 12.5. The molecule has 34 heavy (non-hydrogen) atoms. The quantitative estimate of drug-likeness (QED) is 0.175. The van der Waals surface area contributed by atoms with Crippen LogP contribution in [0.5, 0.6) is 11.5 Å². The highest BCUT2D eigenvalue weighted by molar-refractivity contribution is 6.34. The highest BCUT2D eigenvalue weighted by Crippen LogP contribution is 2.35. The number of rotatable bonds is 7. The molecular formula is C24H16Cl2N2O6. The summed E-state index contributed by atoms with van der Waals surface area (Å²) < 4.78 is 16.6. The number of carbonyl (C=O) groups excluding carboxylic acids is 1. The average molecular weight is 499 g/mol. The molecule has 0 saturated heterocycles. The molecule has 3 aromatic rings. The van der Waals surface area contributed by atoms with Crippen LogP contribution in [0.3, 0.4) is 0 Å². The monoisotopic (exact) mass is 498 g/mol. The second-order valence-electron chi connectivity index (χ2n) is 7.05. The van der Waals surface area contributed by atoms with Crippen LogP contribution in [-0.2, 0) is 16.1 Å². The van der Waals surface area contributed by atoms with Gasteiger partial charge in [-0.15, -0.1) is 0 Å². The van der Waals surface area contributed by atoms with Crippen LogP contribution in [0.2, 0.25) is 10.0 Å². The smallest absolute Gasteiger partial charge is 0.363 e. The van der Waals surface area contributed by atoms with Crippen molar-refractivity contribution in [2.45, 2.75) is 6.61 Å². The van der Waals surface area contributed by atoms with E-state index < -0.39 is 10.9 Å². The number of aliphatic imine (C=N–C) groups is 1. The lowest BCUT2D eigenvalue weighted by Gasteiger charge is -2.13. The lowest BCUT2D eigenvalue weighted by atomic mass is 10.1. The molecule has 0 spiro atoms. The largest absolute Gasteiger partial charge is 0.493 e. The van der Waals surface area contributed by atoms with Crippen LogP contribution < -0.4 is 9.47 Å². The van der Waals surface area contributed by atoms with Gasteiger partial charge in [0.05, 0.1) is 22.6 Å². The van der Waals surface area contributed by atoms with Crippen LogP contribution in [0.1, 0.15) is 16.7 Å². The van der Waals surface area contributed by atoms with Crippen molar-refractivity contribution in [2.75, 3.05) is 7.11 Å². The molecule has 10 heteroatoms. The third-order valence-electron chi connectivity index (χ3n) is 4.81. The molecule has 8 nitrogen and oxygen atoms in total. The van der Waals surface area contributed by atoms with Crippen molar-refractivity contribution >= 4 is 46.8 Å². The predicted molar refractivity (Wildman–Crippen MR) is 127 cm³/mol. The number of non-ortho nitro benzene ring substituents is 1. The fourth-order valence-corrected chi connectivity index (χ4v) is 3.62. The van der Waals surface area contributed by atoms with Crippen LogP contribution in [-0.4, -0.2) is 23.9 Å². The summed E-state index contributed by atoms with van der Waals surface area (Å²) >= 11 is 12.2. The third kappa shape index (κ3) is 5.03. The number of esters is 1. The molecule has 0 aliphatic carbocycles. The van der Waals surface area contributed by atoms with Gasteiger partial charge in [-0.05, 0) is 35.9 Å². The van der Waals surface area contributed by atoms with Crippen LogP contribution in [0.4, 0.5) is 5.69 Å². The normalized spacial score (nSPS) is 14.0. The molecule has 1 aliphatic rings. The Morgan fingerprint density at radius 1 is 1.12 bits per heavy atom. The fourth-order valence-electron chi connectivity index (χ4n) is 3.21. The summed E-state index contributed by atoms with van der Waals surface area (Å²) in [5.74, 6) is -0.0218. The topological polar surface area (TPSA) is 100 Å². The maximum Gasteiger partial charge on any atom is 0.363 e. The number of ether oxygens (including phenoxy) is 3. The van der Waals surface area contributed by atoms with Crippen molar-refractivity contribution in [1.29, 1.82) is 0 Å². The van der Waals surface area contributed by atoms with Gasteiger partial charge in [-0.25, -0.2) is 9.79 Å². The van der Waals surface area contributed by atoms with Crippen molar-refractivity contribution in [3.8, 4) is 11.5 Å². The summed E-state index contributed by atoms with van der Waals surface area (Å²) in [4.78, 5) is 27.2. The van der Waals surface area contributed by atoms with Gasteiger partial charge in [0.15, 0.2) is 17.2 Å². The summed E-state index contributed by atoms with van der Waals surface area (Å²) in [6.45, 7) is 0.208. The number of benzene rings is 3. The predicted octanol–water partition coefficient (Wildman–Crippen LogP) is 5.83. The SMILES string of the molecule is COc1cccc(/C=C2\N=C(c3cc([N+](=O)[O-])ccc3Cl)OC2=O)c1OCc1cccc(Cl)c1. The number of nitro groups is 1. The van der Waals surface area contributed by atoms with E-state index in [4.69, 9.17) is 37.4 Å². The van der Waals surface area contributed by atoms with E-state index in [0.717, 1.165) is 5.56 Å². The van der Waals surface area contributed by atoms with E-state index in [2.05, 4.69) is 4.99 Å².